The molecule has 0 spiro atoms. The van der Waals surface area contributed by atoms with Crippen LogP contribution in [0.4, 0.5) is 0 Å². The lowest BCUT2D eigenvalue weighted by Crippen LogP contribution is -2.15. The fourth-order valence-corrected chi connectivity index (χ4v) is 3.20. The molecule has 0 saturated carbocycles. The molecule has 9 heteroatoms. The van der Waals surface area contributed by atoms with Crippen molar-refractivity contribution in [3.8, 4) is 11.5 Å². The summed E-state index contributed by atoms with van der Waals surface area (Å²) in [5.41, 5.74) is -0.896. The van der Waals surface area contributed by atoms with E-state index in [1.165, 1.54) is 20.3 Å². The van der Waals surface area contributed by atoms with E-state index < -0.39 is 22.8 Å². The van der Waals surface area contributed by atoms with Crippen LogP contribution in [0.15, 0.2) is 58.1 Å². The Balaban J connectivity index is 2.14. The van der Waals surface area contributed by atoms with Gasteiger partial charge in [0, 0.05) is 12.1 Å². The van der Waals surface area contributed by atoms with E-state index >= 15 is 0 Å². The van der Waals surface area contributed by atoms with Crippen molar-refractivity contribution < 1.29 is 23.8 Å². The lowest BCUT2D eigenvalue weighted by molar-refractivity contribution is 0.0586. The van der Waals surface area contributed by atoms with E-state index in [9.17, 15) is 19.2 Å². The first-order valence-corrected chi connectivity index (χ1v) is 9.09. The van der Waals surface area contributed by atoms with Gasteiger partial charge in [0.25, 0.3) is 0 Å². The maximum atomic E-state index is 12.7. The molecule has 0 aliphatic rings. The summed E-state index contributed by atoms with van der Waals surface area (Å²) in [6.45, 7) is 0. The van der Waals surface area contributed by atoms with Gasteiger partial charge >= 0.3 is 11.9 Å². The van der Waals surface area contributed by atoms with Crippen molar-refractivity contribution in [1.29, 1.82) is 0 Å². The Bertz CT molecular complexity index is 1360. The van der Waals surface area contributed by atoms with Crippen molar-refractivity contribution in [3.05, 3.63) is 80.4 Å². The molecule has 0 radical (unpaired) electrons. The number of nitrogens with one attached hydrogen (secondary N) is 2. The first-order valence-electron chi connectivity index (χ1n) is 9.09. The van der Waals surface area contributed by atoms with Crippen molar-refractivity contribution in [2.24, 2.45) is 0 Å². The number of pyridine rings is 2. The molecule has 2 heterocycles. The standard InChI is InChI=1S/C22H16N2O7/c1-29-21(27)14-9-16(25)12-8-13-17(26)10-15(22(28)30-2)24-19(13)20(18(12)23-14)31-11-6-4-3-5-7-11/h3-10H,1-2H3,(H,23,25)(H,24,26). The predicted molar refractivity (Wildman–Crippen MR) is 112 cm³/mol. The van der Waals surface area contributed by atoms with Gasteiger partial charge < -0.3 is 24.2 Å². The Kier molecular flexibility index (Phi) is 5.00. The largest absolute Gasteiger partial charge is 0.464 e. The molecule has 0 saturated heterocycles. The van der Waals surface area contributed by atoms with Crippen LogP contribution in [0.1, 0.15) is 21.0 Å². The summed E-state index contributed by atoms with van der Waals surface area (Å²) in [6, 6.07) is 12.2. The van der Waals surface area contributed by atoms with Gasteiger partial charge in [0.15, 0.2) is 16.6 Å². The van der Waals surface area contributed by atoms with Gasteiger partial charge in [-0.15, -0.1) is 0 Å². The number of aromatic amines is 2. The number of para-hydroxylation sites is 1. The van der Waals surface area contributed by atoms with E-state index in [1.54, 1.807) is 30.3 Å². The topological polar surface area (TPSA) is 128 Å². The Hall–Kier alpha value is -4.40. The molecule has 0 unspecified atom stereocenters. The lowest BCUT2D eigenvalue weighted by Gasteiger charge is -2.14. The van der Waals surface area contributed by atoms with Gasteiger partial charge in [-0.3, -0.25) is 9.59 Å². The molecule has 0 aliphatic carbocycles. The summed E-state index contributed by atoms with van der Waals surface area (Å²) >= 11 is 0. The average Bonchev–Trinajstić information content (AvgIpc) is 2.79. The zero-order chi connectivity index (χ0) is 22.1. The highest BCUT2D eigenvalue weighted by Crippen LogP contribution is 2.34. The number of fused-ring (bicyclic) bond motifs is 2. The first kappa shape index (κ1) is 19.9. The number of carbonyl (C=O) groups is 2. The highest BCUT2D eigenvalue weighted by atomic mass is 16.5. The molecule has 31 heavy (non-hydrogen) atoms. The second-order valence-corrected chi connectivity index (χ2v) is 6.54. The summed E-state index contributed by atoms with van der Waals surface area (Å²) in [5, 5.41) is 0.254. The number of ether oxygens (including phenoxy) is 3. The van der Waals surface area contributed by atoms with Crippen LogP contribution in [-0.4, -0.2) is 36.1 Å². The fourth-order valence-electron chi connectivity index (χ4n) is 3.20. The van der Waals surface area contributed by atoms with E-state index in [0.717, 1.165) is 12.1 Å². The highest BCUT2D eigenvalue weighted by molar-refractivity contribution is 6.04. The van der Waals surface area contributed by atoms with Crippen molar-refractivity contribution >= 4 is 33.7 Å². The van der Waals surface area contributed by atoms with E-state index in [0.29, 0.717) is 5.75 Å². The molecular weight excluding hydrogens is 404 g/mol. The minimum Gasteiger partial charge on any atom is -0.464 e. The van der Waals surface area contributed by atoms with Crippen LogP contribution in [0.3, 0.4) is 0 Å². The Morgan fingerprint density at radius 1 is 0.742 bits per heavy atom. The minimum atomic E-state index is -0.749. The smallest absolute Gasteiger partial charge is 0.354 e. The van der Waals surface area contributed by atoms with Crippen molar-refractivity contribution in [2.45, 2.75) is 0 Å². The normalized spacial score (nSPS) is 10.8. The van der Waals surface area contributed by atoms with Crippen LogP contribution in [0, 0.1) is 0 Å². The number of hydrogen-bond donors (Lipinski definition) is 2. The summed E-state index contributed by atoms with van der Waals surface area (Å²) < 4.78 is 15.4. The monoisotopic (exact) mass is 420 g/mol. The van der Waals surface area contributed by atoms with Crippen LogP contribution in [0.25, 0.3) is 21.8 Å². The van der Waals surface area contributed by atoms with Gasteiger partial charge in [-0.2, -0.15) is 0 Å². The SMILES string of the molecule is COC(=O)c1cc(=O)c2cc3c(=O)cc(C(=O)OC)[nH]c3c(Oc3ccccc3)c2[nH]1. The van der Waals surface area contributed by atoms with E-state index in [1.807, 2.05) is 0 Å². The maximum absolute atomic E-state index is 12.7. The maximum Gasteiger partial charge on any atom is 0.354 e. The molecule has 0 bridgehead atoms. The van der Waals surface area contributed by atoms with Crippen LogP contribution < -0.4 is 15.6 Å². The minimum absolute atomic E-state index is 0.0596. The summed E-state index contributed by atoms with van der Waals surface area (Å²) in [7, 11) is 2.37. The Morgan fingerprint density at radius 3 is 1.68 bits per heavy atom. The average molecular weight is 420 g/mol. The number of rotatable bonds is 4. The van der Waals surface area contributed by atoms with Gasteiger partial charge in [0.2, 0.25) is 0 Å². The van der Waals surface area contributed by atoms with Crippen LogP contribution >= 0.6 is 0 Å². The first-order chi connectivity index (χ1) is 14.9. The third kappa shape index (κ3) is 3.52. The summed E-state index contributed by atoms with van der Waals surface area (Å²) in [4.78, 5) is 55.2. The Morgan fingerprint density at radius 2 is 1.23 bits per heavy atom. The zero-order valence-electron chi connectivity index (χ0n) is 16.5. The zero-order valence-corrected chi connectivity index (χ0v) is 16.5. The molecule has 4 aromatic rings. The van der Waals surface area contributed by atoms with Crippen LogP contribution in [0.5, 0.6) is 11.5 Å². The van der Waals surface area contributed by atoms with E-state index in [4.69, 9.17) is 14.2 Å². The molecule has 2 aromatic heterocycles. The van der Waals surface area contributed by atoms with E-state index in [2.05, 4.69) is 9.97 Å². The number of methoxy groups -OCH3 is 2. The number of carbonyl (C=O) groups excluding carboxylic acids is 2. The molecule has 156 valence electrons. The number of aromatic nitrogens is 2. The predicted octanol–water partition coefficient (Wildman–Crippen LogP) is 2.74. The molecule has 4 rings (SSSR count). The molecule has 9 nitrogen and oxygen atoms in total. The third-order valence-corrected chi connectivity index (χ3v) is 4.66. The van der Waals surface area contributed by atoms with Gasteiger partial charge in [-0.25, -0.2) is 9.59 Å². The van der Waals surface area contributed by atoms with Crippen molar-refractivity contribution in [2.75, 3.05) is 14.2 Å². The molecule has 0 aliphatic heterocycles. The highest BCUT2D eigenvalue weighted by Gasteiger charge is 2.20. The van der Waals surface area contributed by atoms with E-state index in [-0.39, 0.29) is 38.9 Å². The number of esters is 2. The van der Waals surface area contributed by atoms with Gasteiger partial charge in [0.05, 0.1) is 36.0 Å². The molecular formula is C22H16N2O7. The lowest BCUT2D eigenvalue weighted by atomic mass is 10.1. The molecule has 2 N–H and O–H groups in total. The van der Waals surface area contributed by atoms with Gasteiger partial charge in [0.1, 0.15) is 17.1 Å². The summed E-state index contributed by atoms with van der Waals surface area (Å²) in [6.07, 6.45) is 0. The van der Waals surface area contributed by atoms with Crippen LogP contribution in [0.2, 0.25) is 0 Å². The molecule has 2 aromatic carbocycles. The molecule has 0 fully saturated rings. The quantitative estimate of drug-likeness (QED) is 0.384. The fraction of sp³-hybridized carbons (Fsp3) is 0.0909. The van der Waals surface area contributed by atoms with Gasteiger partial charge in [-0.05, 0) is 18.2 Å². The van der Waals surface area contributed by atoms with Gasteiger partial charge in [-0.1, -0.05) is 18.2 Å². The third-order valence-electron chi connectivity index (χ3n) is 4.66. The number of hydrogen-bond acceptors (Lipinski definition) is 7. The van der Waals surface area contributed by atoms with Crippen LogP contribution in [-0.2, 0) is 9.47 Å². The number of H-pyrrole nitrogens is 2. The second-order valence-electron chi connectivity index (χ2n) is 6.54. The molecule has 0 amide bonds. The summed E-state index contributed by atoms with van der Waals surface area (Å²) in [5.74, 6) is -1.03. The van der Waals surface area contributed by atoms with Crippen molar-refractivity contribution in [3.63, 3.8) is 0 Å². The number of benzene rings is 2. The Labute approximate surface area is 174 Å². The molecule has 0 atom stereocenters. The second kappa shape index (κ2) is 7.79. The van der Waals surface area contributed by atoms with Crippen molar-refractivity contribution in [1.82, 2.24) is 9.97 Å².